The predicted octanol–water partition coefficient (Wildman–Crippen LogP) is 3.06. The van der Waals surface area contributed by atoms with Crippen LogP contribution in [0.5, 0.6) is 11.5 Å². The second-order valence-corrected chi connectivity index (χ2v) is 6.72. The molecule has 8 heteroatoms. The highest BCUT2D eigenvalue weighted by Gasteiger charge is 2.26. The first-order chi connectivity index (χ1) is 13.1. The summed E-state index contributed by atoms with van der Waals surface area (Å²) < 4.78 is 10.6. The van der Waals surface area contributed by atoms with Crippen LogP contribution in [-0.4, -0.2) is 54.7 Å². The van der Waals surface area contributed by atoms with Crippen LogP contribution in [0.2, 0.25) is 5.02 Å². The largest absolute Gasteiger partial charge is 0.454 e. The minimum Gasteiger partial charge on any atom is -0.454 e. The van der Waals surface area contributed by atoms with E-state index in [1.54, 1.807) is 52.3 Å². The van der Waals surface area contributed by atoms with Crippen molar-refractivity contribution in [1.82, 2.24) is 9.80 Å². The van der Waals surface area contributed by atoms with Gasteiger partial charge in [-0.3, -0.25) is 4.79 Å². The van der Waals surface area contributed by atoms with Crippen LogP contribution in [0.1, 0.15) is 10.4 Å². The molecule has 1 fully saturated rings. The number of anilines is 1. The second kappa shape index (κ2) is 7.36. The van der Waals surface area contributed by atoms with E-state index in [-0.39, 0.29) is 18.7 Å². The first kappa shape index (κ1) is 17.5. The number of carbonyl (C=O) groups is 2. The van der Waals surface area contributed by atoms with E-state index in [4.69, 9.17) is 21.1 Å². The maximum absolute atomic E-state index is 12.7. The van der Waals surface area contributed by atoms with Gasteiger partial charge in [0.2, 0.25) is 6.79 Å². The second-order valence-electron chi connectivity index (χ2n) is 6.28. The van der Waals surface area contributed by atoms with Crippen molar-refractivity contribution >= 4 is 29.2 Å². The molecule has 27 heavy (non-hydrogen) atoms. The number of nitrogens with one attached hydrogen (secondary N) is 1. The lowest BCUT2D eigenvalue weighted by molar-refractivity contribution is 0.0671. The van der Waals surface area contributed by atoms with Crippen LogP contribution >= 0.6 is 11.6 Å². The van der Waals surface area contributed by atoms with Crippen LogP contribution in [0.25, 0.3) is 0 Å². The third kappa shape index (κ3) is 3.78. The Bertz CT molecular complexity index is 864. The SMILES string of the molecule is O=C(Nc1ccc(Cl)cc1)N1CCN(C(=O)c2ccc3c(c2)OCO3)CC1. The Labute approximate surface area is 161 Å². The van der Waals surface area contributed by atoms with Gasteiger partial charge in [-0.25, -0.2) is 4.79 Å². The molecule has 0 bridgehead atoms. The molecule has 2 aromatic carbocycles. The Morgan fingerprint density at radius 2 is 1.56 bits per heavy atom. The number of benzene rings is 2. The Morgan fingerprint density at radius 1 is 0.889 bits per heavy atom. The van der Waals surface area contributed by atoms with Gasteiger partial charge < -0.3 is 24.6 Å². The molecule has 0 saturated carbocycles. The van der Waals surface area contributed by atoms with E-state index < -0.39 is 0 Å². The first-order valence-electron chi connectivity index (χ1n) is 8.60. The molecule has 0 atom stereocenters. The van der Waals surface area contributed by atoms with Crippen molar-refractivity contribution in [2.75, 3.05) is 38.3 Å². The van der Waals surface area contributed by atoms with Crippen molar-refractivity contribution in [3.8, 4) is 11.5 Å². The molecule has 1 saturated heterocycles. The number of ether oxygens (including phenoxy) is 2. The number of carbonyl (C=O) groups excluding carboxylic acids is 2. The van der Waals surface area contributed by atoms with Crippen LogP contribution in [0, 0.1) is 0 Å². The van der Waals surface area contributed by atoms with Crippen LogP contribution < -0.4 is 14.8 Å². The molecule has 140 valence electrons. The van der Waals surface area contributed by atoms with Crippen LogP contribution in [0.4, 0.5) is 10.5 Å². The molecule has 1 N–H and O–H groups in total. The summed E-state index contributed by atoms with van der Waals surface area (Å²) in [5.41, 5.74) is 1.24. The maximum atomic E-state index is 12.7. The van der Waals surface area contributed by atoms with Gasteiger partial charge in [0.05, 0.1) is 0 Å². The standard InChI is InChI=1S/C19H18ClN3O4/c20-14-2-4-15(5-3-14)21-19(25)23-9-7-22(8-10-23)18(24)13-1-6-16-17(11-13)27-12-26-16/h1-6,11H,7-10,12H2,(H,21,25). The summed E-state index contributed by atoms with van der Waals surface area (Å²) >= 11 is 5.85. The molecule has 0 aromatic heterocycles. The summed E-state index contributed by atoms with van der Waals surface area (Å²) in [5.74, 6) is 1.16. The van der Waals surface area contributed by atoms with E-state index in [2.05, 4.69) is 5.32 Å². The molecule has 0 radical (unpaired) electrons. The van der Waals surface area contributed by atoms with Gasteiger partial charge >= 0.3 is 6.03 Å². The zero-order valence-corrected chi connectivity index (χ0v) is 15.2. The van der Waals surface area contributed by atoms with Crippen LogP contribution in [-0.2, 0) is 0 Å². The molecule has 0 unspecified atom stereocenters. The molecule has 7 nitrogen and oxygen atoms in total. The van der Waals surface area contributed by atoms with Crippen molar-refractivity contribution in [2.24, 2.45) is 0 Å². The highest BCUT2D eigenvalue weighted by Crippen LogP contribution is 2.32. The van der Waals surface area contributed by atoms with Crippen molar-refractivity contribution in [2.45, 2.75) is 0 Å². The van der Waals surface area contributed by atoms with Crippen LogP contribution in [0.15, 0.2) is 42.5 Å². The highest BCUT2D eigenvalue weighted by molar-refractivity contribution is 6.30. The topological polar surface area (TPSA) is 71.1 Å². The minimum absolute atomic E-state index is 0.0777. The number of rotatable bonds is 2. The van der Waals surface area contributed by atoms with E-state index in [9.17, 15) is 9.59 Å². The fourth-order valence-corrected chi connectivity index (χ4v) is 3.19. The van der Waals surface area contributed by atoms with E-state index in [1.165, 1.54) is 0 Å². The molecule has 3 amide bonds. The molecule has 0 spiro atoms. The van der Waals surface area contributed by atoms with Gasteiger partial charge in [-0.1, -0.05) is 11.6 Å². The number of nitrogens with zero attached hydrogens (tertiary/aromatic N) is 2. The molecule has 2 aromatic rings. The fourth-order valence-electron chi connectivity index (χ4n) is 3.06. The molecular weight excluding hydrogens is 370 g/mol. The van der Waals surface area contributed by atoms with Gasteiger partial charge in [0, 0.05) is 42.5 Å². The first-order valence-corrected chi connectivity index (χ1v) is 8.98. The summed E-state index contributed by atoms with van der Waals surface area (Å²) in [5, 5.41) is 3.45. The van der Waals surface area contributed by atoms with Gasteiger partial charge in [-0.05, 0) is 42.5 Å². The third-order valence-corrected chi connectivity index (χ3v) is 4.82. The molecule has 2 aliphatic rings. The zero-order chi connectivity index (χ0) is 18.8. The lowest BCUT2D eigenvalue weighted by Crippen LogP contribution is -2.51. The number of urea groups is 1. The van der Waals surface area contributed by atoms with Crippen molar-refractivity contribution in [1.29, 1.82) is 0 Å². The number of halogens is 1. The van der Waals surface area contributed by atoms with Gasteiger partial charge in [0.1, 0.15) is 0 Å². The van der Waals surface area contributed by atoms with Gasteiger partial charge in [-0.2, -0.15) is 0 Å². The number of fused-ring (bicyclic) bond motifs is 1. The Kier molecular flexibility index (Phi) is 4.77. The van der Waals surface area contributed by atoms with Crippen LogP contribution in [0.3, 0.4) is 0 Å². The minimum atomic E-state index is -0.187. The Balaban J connectivity index is 1.33. The van der Waals surface area contributed by atoms with Gasteiger partial charge in [0.25, 0.3) is 5.91 Å². The summed E-state index contributed by atoms with van der Waals surface area (Å²) in [6.07, 6.45) is 0. The Morgan fingerprint density at radius 3 is 2.30 bits per heavy atom. The number of amides is 3. The monoisotopic (exact) mass is 387 g/mol. The summed E-state index contributed by atoms with van der Waals surface area (Å²) in [7, 11) is 0. The number of hydrogen-bond acceptors (Lipinski definition) is 4. The lowest BCUT2D eigenvalue weighted by atomic mass is 10.1. The normalized spacial score (nSPS) is 15.6. The quantitative estimate of drug-likeness (QED) is 0.859. The highest BCUT2D eigenvalue weighted by atomic mass is 35.5. The molecule has 2 aliphatic heterocycles. The summed E-state index contributed by atoms with van der Waals surface area (Å²) in [6.45, 7) is 2.06. The Hall–Kier alpha value is -2.93. The van der Waals surface area contributed by atoms with E-state index in [0.717, 1.165) is 0 Å². The molecule has 2 heterocycles. The van der Waals surface area contributed by atoms with Crippen molar-refractivity contribution < 1.29 is 19.1 Å². The summed E-state index contributed by atoms with van der Waals surface area (Å²) in [6, 6.07) is 11.9. The molecule has 0 aliphatic carbocycles. The van der Waals surface area contributed by atoms with E-state index in [0.29, 0.717) is 54.0 Å². The smallest absolute Gasteiger partial charge is 0.321 e. The van der Waals surface area contributed by atoms with Crippen molar-refractivity contribution in [3.05, 3.63) is 53.1 Å². The maximum Gasteiger partial charge on any atom is 0.321 e. The predicted molar refractivity (Wildman–Crippen MR) is 101 cm³/mol. The fraction of sp³-hybridized carbons (Fsp3) is 0.263. The number of piperazine rings is 1. The van der Waals surface area contributed by atoms with E-state index >= 15 is 0 Å². The molecular formula is C19H18ClN3O4. The zero-order valence-electron chi connectivity index (χ0n) is 14.5. The van der Waals surface area contributed by atoms with Crippen molar-refractivity contribution in [3.63, 3.8) is 0 Å². The van der Waals surface area contributed by atoms with E-state index in [1.807, 2.05) is 0 Å². The average Bonchev–Trinajstić information content (AvgIpc) is 3.17. The van der Waals surface area contributed by atoms with Gasteiger partial charge in [0.15, 0.2) is 11.5 Å². The average molecular weight is 388 g/mol. The van der Waals surface area contributed by atoms with Gasteiger partial charge in [-0.15, -0.1) is 0 Å². The summed E-state index contributed by atoms with van der Waals surface area (Å²) in [4.78, 5) is 28.5. The third-order valence-electron chi connectivity index (χ3n) is 4.57. The lowest BCUT2D eigenvalue weighted by Gasteiger charge is -2.34. The molecule has 4 rings (SSSR count). The number of hydrogen-bond donors (Lipinski definition) is 1.